The van der Waals surface area contributed by atoms with Crippen molar-refractivity contribution in [3.05, 3.63) is 58.7 Å². The van der Waals surface area contributed by atoms with E-state index in [0.717, 1.165) is 27.1 Å². The smallest absolute Gasteiger partial charge is 0.248 e. The highest BCUT2D eigenvalue weighted by Crippen LogP contribution is 2.49. The number of carbonyl (C=O) groups is 2. The van der Waals surface area contributed by atoms with E-state index in [-0.39, 0.29) is 11.8 Å². The molecule has 1 N–H and O–H groups in total. The first-order chi connectivity index (χ1) is 11.9. The molecule has 0 saturated carbocycles. The Balaban J connectivity index is 1.78. The van der Waals surface area contributed by atoms with Crippen LogP contribution in [0.25, 0.3) is 0 Å². The summed E-state index contributed by atoms with van der Waals surface area (Å²) in [4.78, 5) is 28.1. The monoisotopic (exact) mass is 353 g/mol. The van der Waals surface area contributed by atoms with Gasteiger partial charge in [0, 0.05) is 4.90 Å². The zero-order chi connectivity index (χ0) is 17.9. The predicted molar refractivity (Wildman–Crippen MR) is 97.7 cm³/mol. The van der Waals surface area contributed by atoms with Crippen molar-refractivity contribution in [3.8, 4) is 0 Å². The molecule has 0 bridgehead atoms. The predicted octanol–water partition coefficient (Wildman–Crippen LogP) is 3.31. The lowest BCUT2D eigenvalue weighted by molar-refractivity contribution is -0.124. The Morgan fingerprint density at radius 1 is 0.920 bits per heavy atom. The fourth-order valence-electron chi connectivity index (χ4n) is 3.74. The van der Waals surface area contributed by atoms with Gasteiger partial charge in [-0.15, -0.1) is 11.8 Å². The summed E-state index contributed by atoms with van der Waals surface area (Å²) in [6.07, 6.45) is -0.950. The molecule has 4 nitrogen and oxygen atoms in total. The van der Waals surface area contributed by atoms with Crippen molar-refractivity contribution in [2.75, 3.05) is 4.90 Å². The van der Waals surface area contributed by atoms with Gasteiger partial charge in [-0.25, -0.2) is 4.90 Å². The number of hydrogen-bond acceptors (Lipinski definition) is 4. The molecule has 1 saturated heterocycles. The maximum Gasteiger partial charge on any atom is 0.248 e. The van der Waals surface area contributed by atoms with Gasteiger partial charge in [-0.05, 0) is 61.2 Å². The summed E-state index contributed by atoms with van der Waals surface area (Å²) in [7, 11) is 0. The Kier molecular flexibility index (Phi) is 3.74. The quantitative estimate of drug-likeness (QED) is 0.799. The van der Waals surface area contributed by atoms with Crippen molar-refractivity contribution in [3.63, 3.8) is 0 Å². The van der Waals surface area contributed by atoms with Gasteiger partial charge in [-0.3, -0.25) is 9.59 Å². The number of rotatable bonds is 1. The van der Waals surface area contributed by atoms with Crippen LogP contribution in [0, 0.1) is 26.7 Å². The largest absolute Gasteiger partial charge is 0.387 e. The molecule has 5 heteroatoms. The third kappa shape index (κ3) is 2.50. The molecule has 1 fully saturated rings. The fraction of sp³-hybridized carbons (Fsp3) is 0.300. The molecular formula is C20H19NO3S. The standard InChI is InChI=1S/C20H19NO3S/c1-10-4-5-14-15(9-10)25-18-16(17(14)22)19(23)21(20(18)24)13-7-11(2)6-12(3)8-13/h4-9,16-18,22H,1-3H3/t16-,17+,18+/m1/s1. The lowest BCUT2D eigenvalue weighted by Crippen LogP contribution is -2.32. The second kappa shape index (κ2) is 5.71. The van der Waals surface area contributed by atoms with Crippen molar-refractivity contribution in [1.82, 2.24) is 0 Å². The third-order valence-electron chi connectivity index (χ3n) is 4.84. The normalized spacial score (nSPS) is 25.1. The van der Waals surface area contributed by atoms with Crippen molar-refractivity contribution in [1.29, 1.82) is 0 Å². The van der Waals surface area contributed by atoms with Gasteiger partial charge >= 0.3 is 0 Å². The summed E-state index contributed by atoms with van der Waals surface area (Å²) in [5.41, 5.74) is 4.39. The SMILES string of the molecule is Cc1cc(C)cc(N2C(=O)[C@H]3[C@H](Sc4cc(C)ccc4[C@@H]3O)C2=O)c1. The van der Waals surface area contributed by atoms with E-state index in [1.165, 1.54) is 16.7 Å². The van der Waals surface area contributed by atoms with E-state index in [9.17, 15) is 14.7 Å². The highest BCUT2D eigenvalue weighted by atomic mass is 32.2. The number of aliphatic hydroxyl groups excluding tert-OH is 1. The first-order valence-electron chi connectivity index (χ1n) is 8.28. The van der Waals surface area contributed by atoms with E-state index in [0.29, 0.717) is 5.69 Å². The van der Waals surface area contributed by atoms with Gasteiger partial charge in [-0.2, -0.15) is 0 Å². The van der Waals surface area contributed by atoms with Crippen LogP contribution < -0.4 is 4.90 Å². The number of aryl methyl sites for hydroxylation is 3. The molecule has 2 aromatic rings. The number of carbonyl (C=O) groups excluding carboxylic acids is 2. The van der Waals surface area contributed by atoms with Gasteiger partial charge in [0.2, 0.25) is 11.8 Å². The van der Waals surface area contributed by atoms with E-state index < -0.39 is 17.3 Å². The zero-order valence-electron chi connectivity index (χ0n) is 14.3. The van der Waals surface area contributed by atoms with Gasteiger partial charge < -0.3 is 5.11 Å². The number of anilines is 1. The molecule has 0 radical (unpaired) electrons. The molecule has 0 spiro atoms. The number of fused-ring (bicyclic) bond motifs is 2. The second-order valence-electron chi connectivity index (χ2n) is 6.91. The van der Waals surface area contributed by atoms with E-state index in [4.69, 9.17) is 0 Å². The number of benzene rings is 2. The lowest BCUT2D eigenvalue weighted by atomic mass is 9.92. The summed E-state index contributed by atoms with van der Waals surface area (Å²) in [5, 5.41) is 10.2. The van der Waals surface area contributed by atoms with Crippen molar-refractivity contribution >= 4 is 29.3 Å². The van der Waals surface area contributed by atoms with Gasteiger partial charge in [0.25, 0.3) is 0 Å². The molecule has 2 aromatic carbocycles. The van der Waals surface area contributed by atoms with Crippen LogP contribution in [0.4, 0.5) is 5.69 Å². The topological polar surface area (TPSA) is 57.6 Å². The highest BCUT2D eigenvalue weighted by Gasteiger charge is 2.54. The van der Waals surface area contributed by atoms with Crippen molar-refractivity contribution in [2.24, 2.45) is 5.92 Å². The average Bonchev–Trinajstić information content (AvgIpc) is 2.77. The molecule has 0 unspecified atom stereocenters. The van der Waals surface area contributed by atoms with Crippen LogP contribution in [0.15, 0.2) is 41.3 Å². The van der Waals surface area contributed by atoms with Crippen LogP contribution in [0.5, 0.6) is 0 Å². The second-order valence-corrected chi connectivity index (χ2v) is 8.09. The molecule has 128 valence electrons. The van der Waals surface area contributed by atoms with Gasteiger partial charge in [0.05, 0.1) is 17.7 Å². The Labute approximate surface area is 150 Å². The van der Waals surface area contributed by atoms with Gasteiger partial charge in [0.1, 0.15) is 5.25 Å². The Bertz CT molecular complexity index is 888. The van der Waals surface area contributed by atoms with E-state index in [1.807, 2.05) is 57.2 Å². The Morgan fingerprint density at radius 2 is 1.60 bits per heavy atom. The summed E-state index contributed by atoms with van der Waals surface area (Å²) in [6.45, 7) is 5.86. The van der Waals surface area contributed by atoms with Crippen LogP contribution in [0.2, 0.25) is 0 Å². The Morgan fingerprint density at radius 3 is 2.28 bits per heavy atom. The molecule has 2 heterocycles. The molecule has 2 amide bonds. The maximum atomic E-state index is 13.0. The number of hydrogen-bond donors (Lipinski definition) is 1. The maximum absolute atomic E-state index is 13.0. The molecule has 3 atom stereocenters. The summed E-state index contributed by atoms with van der Waals surface area (Å²) in [6, 6.07) is 11.4. The fourth-order valence-corrected chi connectivity index (χ4v) is 5.22. The molecule has 25 heavy (non-hydrogen) atoms. The summed E-state index contributed by atoms with van der Waals surface area (Å²) < 4.78 is 0. The third-order valence-corrected chi connectivity index (χ3v) is 6.20. The molecule has 2 aliphatic rings. The van der Waals surface area contributed by atoms with Crippen LogP contribution in [0.1, 0.15) is 28.4 Å². The van der Waals surface area contributed by atoms with Crippen LogP contribution in [-0.4, -0.2) is 22.2 Å². The number of aliphatic hydroxyl groups is 1. The number of amides is 2. The van der Waals surface area contributed by atoms with Gasteiger partial charge in [-0.1, -0.05) is 18.2 Å². The number of thioether (sulfide) groups is 1. The van der Waals surface area contributed by atoms with Crippen LogP contribution >= 0.6 is 11.8 Å². The average molecular weight is 353 g/mol. The lowest BCUT2D eigenvalue weighted by Gasteiger charge is -2.28. The number of nitrogens with zero attached hydrogens (tertiary/aromatic N) is 1. The highest BCUT2D eigenvalue weighted by molar-refractivity contribution is 8.00. The zero-order valence-corrected chi connectivity index (χ0v) is 15.1. The first-order valence-corrected chi connectivity index (χ1v) is 9.16. The molecule has 4 rings (SSSR count). The molecule has 0 aliphatic carbocycles. The van der Waals surface area contributed by atoms with E-state index in [2.05, 4.69) is 0 Å². The Hall–Kier alpha value is -2.11. The van der Waals surface area contributed by atoms with E-state index in [1.54, 1.807) is 0 Å². The first kappa shape index (κ1) is 16.4. The van der Waals surface area contributed by atoms with Gasteiger partial charge in [0.15, 0.2) is 0 Å². The molecule has 2 aliphatic heterocycles. The summed E-state index contributed by atoms with van der Waals surface area (Å²) in [5.74, 6) is -1.28. The van der Waals surface area contributed by atoms with E-state index >= 15 is 0 Å². The number of imide groups is 1. The summed E-state index contributed by atoms with van der Waals surface area (Å²) >= 11 is 1.39. The minimum Gasteiger partial charge on any atom is -0.387 e. The van der Waals surface area contributed by atoms with Crippen LogP contribution in [0.3, 0.4) is 0 Å². The molecule has 0 aromatic heterocycles. The minimum atomic E-state index is -0.950. The van der Waals surface area contributed by atoms with Crippen molar-refractivity contribution < 1.29 is 14.7 Å². The van der Waals surface area contributed by atoms with Crippen molar-refractivity contribution in [2.45, 2.75) is 37.0 Å². The van der Waals surface area contributed by atoms with Crippen LogP contribution in [-0.2, 0) is 9.59 Å². The molecular weight excluding hydrogens is 334 g/mol. The minimum absolute atomic E-state index is 0.240.